The smallest absolute Gasteiger partial charge is 0.435 e. The number of carbonyl (C=O) groups is 1. The average Bonchev–Trinajstić information content (AvgIpc) is 2.77. The Morgan fingerprint density at radius 2 is 1.64 bits per heavy atom. The van der Waals surface area contributed by atoms with E-state index in [-0.39, 0.29) is 23.6 Å². The highest BCUT2D eigenvalue weighted by Crippen LogP contribution is 2.46. The van der Waals surface area contributed by atoms with E-state index in [1.807, 2.05) is 0 Å². The maximum Gasteiger partial charge on any atom is 0.435 e. The molecule has 0 saturated heterocycles. The Hall–Kier alpha value is -2.53. The number of halogens is 11. The van der Waals surface area contributed by atoms with Crippen molar-refractivity contribution in [2.45, 2.75) is 51.6 Å². The summed E-state index contributed by atoms with van der Waals surface area (Å²) < 4.78 is 133. The number of rotatable bonds is 7. The van der Waals surface area contributed by atoms with Crippen LogP contribution in [0.15, 0.2) is 21.4 Å². The van der Waals surface area contributed by atoms with Crippen LogP contribution in [-0.2, 0) is 32.8 Å². The van der Waals surface area contributed by atoms with Crippen LogP contribution in [0.3, 0.4) is 0 Å². The van der Waals surface area contributed by atoms with Crippen molar-refractivity contribution >= 4 is 45.1 Å². The molecule has 218 valence electrons. The minimum Gasteiger partial charge on any atom is -0.463 e. The number of benzene rings is 1. The third-order valence-electron chi connectivity index (χ3n) is 4.93. The molecular weight excluding hydrogens is 645 g/mol. The van der Waals surface area contributed by atoms with Gasteiger partial charge in [-0.05, 0) is 48.8 Å². The van der Waals surface area contributed by atoms with Gasteiger partial charge in [-0.25, -0.2) is 9.78 Å². The fourth-order valence-corrected chi connectivity index (χ4v) is 4.22. The van der Waals surface area contributed by atoms with Gasteiger partial charge in [-0.15, -0.1) is 0 Å². The first-order chi connectivity index (χ1) is 17.7. The zero-order valence-electron chi connectivity index (χ0n) is 20.1. The lowest BCUT2D eigenvalue weighted by atomic mass is 10.1. The molecule has 0 aliphatic carbocycles. The first-order valence-corrected chi connectivity index (χ1v) is 11.7. The molecule has 0 aliphatic rings. The Morgan fingerprint density at radius 1 is 1.08 bits per heavy atom. The summed E-state index contributed by atoms with van der Waals surface area (Å²) in [6.07, 6.45) is -18.5. The predicted octanol–water partition coefficient (Wildman–Crippen LogP) is 6.97. The van der Waals surface area contributed by atoms with Crippen LogP contribution < -0.4 is 10.5 Å². The van der Waals surface area contributed by atoms with Crippen molar-refractivity contribution in [3.05, 3.63) is 48.8 Å². The number of anilines is 2. The highest BCUT2D eigenvalue weighted by atomic mass is 79.9. The number of aromatic nitrogens is 2. The summed E-state index contributed by atoms with van der Waals surface area (Å²) in [5, 5.41) is -1.43. The second kappa shape index (κ2) is 11.5. The number of hydrogen-bond acceptors (Lipinski definition) is 6. The van der Waals surface area contributed by atoms with E-state index in [9.17, 15) is 49.1 Å². The number of methoxy groups -OCH3 is 1. The summed E-state index contributed by atoms with van der Waals surface area (Å²) in [5.41, 5.74) is -8.52. The van der Waals surface area contributed by atoms with Crippen molar-refractivity contribution in [2.75, 3.05) is 18.6 Å². The molecule has 1 heterocycles. The molecule has 1 aromatic heterocycles. The van der Waals surface area contributed by atoms with Gasteiger partial charge in [0.25, 0.3) is 5.56 Å². The Labute approximate surface area is 227 Å². The van der Waals surface area contributed by atoms with Crippen LogP contribution in [0.5, 0.6) is 0 Å². The number of ether oxygens (including phenoxy) is 2. The number of alkyl halides is 9. The molecule has 0 bridgehead atoms. The van der Waals surface area contributed by atoms with E-state index in [0.717, 1.165) is 7.11 Å². The second-order valence-corrected chi connectivity index (χ2v) is 9.07. The molecule has 2 aromatic rings. The summed E-state index contributed by atoms with van der Waals surface area (Å²) in [6, 6.07) is -1.26. The third kappa shape index (κ3) is 6.80. The van der Waals surface area contributed by atoms with Crippen molar-refractivity contribution in [1.29, 1.82) is 0 Å². The molecular formula is C21H18BrClF9N3O4. The molecule has 7 nitrogen and oxygen atoms in total. The molecule has 0 amide bonds. The fourth-order valence-electron chi connectivity index (χ4n) is 3.34. The van der Waals surface area contributed by atoms with Gasteiger partial charge in [0.2, 0.25) is 12.2 Å². The maximum absolute atomic E-state index is 13.8. The number of hydrogen-bond donors (Lipinski definition) is 0. The topological polar surface area (TPSA) is 73.7 Å². The molecule has 0 fully saturated rings. The first kappa shape index (κ1) is 32.7. The molecule has 0 spiro atoms. The van der Waals surface area contributed by atoms with Crippen molar-refractivity contribution in [1.82, 2.24) is 9.55 Å². The highest BCUT2D eigenvalue weighted by molar-refractivity contribution is 9.10. The van der Waals surface area contributed by atoms with Crippen LogP contribution >= 0.6 is 27.5 Å². The van der Waals surface area contributed by atoms with Gasteiger partial charge in [0, 0.05) is 13.2 Å². The zero-order valence-corrected chi connectivity index (χ0v) is 22.5. The van der Waals surface area contributed by atoms with E-state index in [2.05, 4.69) is 20.9 Å². The maximum atomic E-state index is 13.8. The molecule has 1 aromatic carbocycles. The van der Waals surface area contributed by atoms with Crippen LogP contribution in [0.2, 0.25) is 5.02 Å². The highest BCUT2D eigenvalue weighted by Gasteiger charge is 2.44. The van der Waals surface area contributed by atoms with Gasteiger partial charge < -0.3 is 9.47 Å². The summed E-state index contributed by atoms with van der Waals surface area (Å²) in [7, 11) is 0.777. The van der Waals surface area contributed by atoms with E-state index >= 15 is 0 Å². The molecule has 0 saturated carbocycles. The first-order valence-electron chi connectivity index (χ1n) is 10.5. The van der Waals surface area contributed by atoms with Gasteiger partial charge in [-0.3, -0.25) is 14.3 Å². The minimum absolute atomic E-state index is 0.114. The van der Waals surface area contributed by atoms with E-state index in [1.165, 1.54) is 20.8 Å². The Morgan fingerprint density at radius 3 is 2.05 bits per heavy atom. The van der Waals surface area contributed by atoms with Gasteiger partial charge >= 0.3 is 24.5 Å². The van der Waals surface area contributed by atoms with Crippen molar-refractivity contribution in [3.8, 4) is 0 Å². The molecule has 39 heavy (non-hydrogen) atoms. The molecule has 1 unspecified atom stereocenters. The summed E-state index contributed by atoms with van der Waals surface area (Å²) in [6.45, 7) is 3.40. The van der Waals surface area contributed by atoms with Crippen molar-refractivity contribution < 1.29 is 53.8 Å². The molecule has 18 heteroatoms. The Bertz CT molecular complexity index is 1290. The third-order valence-corrected chi connectivity index (χ3v) is 6.11. The largest absolute Gasteiger partial charge is 0.463 e. The van der Waals surface area contributed by atoms with E-state index in [1.54, 1.807) is 0 Å². The minimum atomic E-state index is -5.42. The lowest BCUT2D eigenvalue weighted by molar-refractivity contribution is -0.154. The van der Waals surface area contributed by atoms with E-state index < -0.39 is 80.3 Å². The SMILES string of the molecule is CCOC(=O)C(OC)N(c1cc(C(F)(F)F)cc(C(F)(F)F)c1Br)c1nc(C(F)(F)F)c(Cl)c(=O)n1C(C)C. The molecule has 0 aliphatic heterocycles. The van der Waals surface area contributed by atoms with Crippen LogP contribution in [0, 0.1) is 0 Å². The second-order valence-electron chi connectivity index (χ2n) is 7.90. The standard InChI is InChI=1S/C21H18BrClF9N3O4/c1-5-39-17(37)16(38-4)35(11-7-9(19(24,25)26)6-10(12(11)22)20(27,28)29)18-33-14(21(30,31)32)13(23)15(36)34(18)8(2)3/h6-8,16H,5H2,1-4H3. The summed E-state index contributed by atoms with van der Waals surface area (Å²) in [5.74, 6) is -2.65. The fraction of sp³-hybridized carbons (Fsp3) is 0.476. The van der Waals surface area contributed by atoms with Crippen molar-refractivity contribution in [2.24, 2.45) is 0 Å². The van der Waals surface area contributed by atoms with Gasteiger partial charge in [0.05, 0.1) is 27.9 Å². The number of carbonyl (C=O) groups excluding carboxylic acids is 1. The van der Waals surface area contributed by atoms with Gasteiger partial charge in [-0.1, -0.05) is 11.6 Å². The van der Waals surface area contributed by atoms with Crippen LogP contribution in [0.4, 0.5) is 51.1 Å². The summed E-state index contributed by atoms with van der Waals surface area (Å²) >= 11 is 8.17. The Kier molecular flexibility index (Phi) is 9.66. The predicted molar refractivity (Wildman–Crippen MR) is 123 cm³/mol. The average molecular weight is 663 g/mol. The monoisotopic (exact) mass is 661 g/mol. The molecule has 2 rings (SSSR count). The van der Waals surface area contributed by atoms with Crippen molar-refractivity contribution in [3.63, 3.8) is 0 Å². The zero-order chi connectivity index (χ0) is 30.2. The lowest BCUT2D eigenvalue weighted by Crippen LogP contribution is -2.45. The van der Waals surface area contributed by atoms with Gasteiger partial charge in [0.1, 0.15) is 5.02 Å². The number of esters is 1. The molecule has 0 N–H and O–H groups in total. The van der Waals surface area contributed by atoms with Crippen LogP contribution in [-0.4, -0.2) is 35.5 Å². The summed E-state index contributed by atoms with van der Waals surface area (Å²) in [4.78, 5) is 29.1. The van der Waals surface area contributed by atoms with Gasteiger partial charge in [-0.2, -0.15) is 39.5 Å². The molecule has 0 radical (unpaired) electrons. The quantitative estimate of drug-likeness (QED) is 0.181. The lowest BCUT2D eigenvalue weighted by Gasteiger charge is -2.34. The van der Waals surface area contributed by atoms with E-state index in [4.69, 9.17) is 21.1 Å². The Balaban J connectivity index is 3.24. The van der Waals surface area contributed by atoms with Crippen LogP contribution in [0.1, 0.15) is 43.6 Å². The van der Waals surface area contributed by atoms with Crippen LogP contribution in [0.25, 0.3) is 0 Å². The van der Waals surface area contributed by atoms with Gasteiger partial charge in [0.15, 0.2) is 5.69 Å². The van der Waals surface area contributed by atoms with E-state index in [0.29, 0.717) is 4.57 Å². The molecule has 1 atom stereocenters. The normalized spacial score (nSPS) is 13.5. The number of nitrogens with zero attached hydrogens (tertiary/aromatic N) is 3.